The summed E-state index contributed by atoms with van der Waals surface area (Å²) in [6.07, 6.45) is 1.95. The molecule has 1 aliphatic heterocycles. The molecular weight excluding hydrogens is 492 g/mol. The van der Waals surface area contributed by atoms with Crippen molar-refractivity contribution in [3.05, 3.63) is 36.2 Å². The van der Waals surface area contributed by atoms with Gasteiger partial charge in [0.1, 0.15) is 11.6 Å². The van der Waals surface area contributed by atoms with E-state index in [9.17, 15) is 13.9 Å². The lowest BCUT2D eigenvalue weighted by Gasteiger charge is -2.30. The van der Waals surface area contributed by atoms with Gasteiger partial charge < -0.3 is 25.4 Å². The highest BCUT2D eigenvalue weighted by Gasteiger charge is 2.25. The molecule has 1 atom stereocenters. The molecule has 0 amide bonds. The fourth-order valence-corrected chi connectivity index (χ4v) is 5.26. The third-order valence-corrected chi connectivity index (χ3v) is 7.55. The Balaban J connectivity index is 1.36. The Bertz CT molecular complexity index is 1190. The van der Waals surface area contributed by atoms with Crippen LogP contribution in [0.2, 0.25) is 0 Å². The van der Waals surface area contributed by atoms with Gasteiger partial charge >= 0.3 is 0 Å². The van der Waals surface area contributed by atoms with Crippen LogP contribution in [0.3, 0.4) is 0 Å². The predicted molar refractivity (Wildman–Crippen MR) is 143 cm³/mol. The van der Waals surface area contributed by atoms with Crippen molar-refractivity contribution < 1.29 is 18.6 Å². The number of rotatable bonds is 10. The summed E-state index contributed by atoms with van der Waals surface area (Å²) in [7, 11) is 0. The van der Waals surface area contributed by atoms with E-state index in [0.29, 0.717) is 80.0 Å². The number of nitrogens with one attached hydrogen (secondary N) is 2. The Labute approximate surface area is 221 Å². The Morgan fingerprint density at radius 1 is 1.05 bits per heavy atom. The summed E-state index contributed by atoms with van der Waals surface area (Å²) < 4.78 is 35.1. The number of imidazole rings is 1. The Morgan fingerprint density at radius 3 is 2.53 bits per heavy atom. The van der Waals surface area contributed by atoms with Gasteiger partial charge in [0.15, 0.2) is 5.82 Å². The van der Waals surface area contributed by atoms with Crippen molar-refractivity contribution in [3.63, 3.8) is 0 Å². The summed E-state index contributed by atoms with van der Waals surface area (Å²) in [6, 6.07) is 9.31. The molecule has 1 aliphatic carbocycles. The second kappa shape index (κ2) is 12.3. The van der Waals surface area contributed by atoms with Crippen LogP contribution in [0.4, 0.5) is 20.5 Å². The quantitative estimate of drug-likeness (QED) is 0.364. The molecule has 3 N–H and O–H groups in total. The van der Waals surface area contributed by atoms with Gasteiger partial charge in [-0.05, 0) is 50.2 Å². The molecule has 0 spiro atoms. The van der Waals surface area contributed by atoms with Crippen molar-refractivity contribution in [1.82, 2.24) is 24.8 Å². The Morgan fingerprint density at radius 2 is 1.79 bits per heavy atom. The highest BCUT2D eigenvalue weighted by atomic mass is 19.3. The largest absolute Gasteiger partial charge is 0.392 e. The van der Waals surface area contributed by atoms with E-state index in [1.54, 1.807) is 24.3 Å². The number of ether oxygens (including phenoxy) is 1. The average Bonchev–Trinajstić information content (AvgIpc) is 3.36. The summed E-state index contributed by atoms with van der Waals surface area (Å²) in [6.45, 7) is 5.86. The van der Waals surface area contributed by atoms with Gasteiger partial charge in [-0.3, -0.25) is 4.57 Å². The number of para-hydroxylation sites is 2. The van der Waals surface area contributed by atoms with Gasteiger partial charge in [0, 0.05) is 38.3 Å². The van der Waals surface area contributed by atoms with Crippen LogP contribution < -0.4 is 15.5 Å². The molecule has 2 aliphatic rings. The molecule has 2 fully saturated rings. The van der Waals surface area contributed by atoms with E-state index in [0.717, 1.165) is 32.1 Å². The number of benzene rings is 1. The first-order valence-corrected chi connectivity index (χ1v) is 13.6. The number of fused-ring (bicyclic) bond motifs is 1. The number of anilines is 2. The minimum atomic E-state index is -2.75. The summed E-state index contributed by atoms with van der Waals surface area (Å²) in [4.78, 5) is 15.8. The molecule has 1 saturated carbocycles. The van der Waals surface area contributed by atoms with Gasteiger partial charge in [-0.25, -0.2) is 13.8 Å². The molecule has 0 radical (unpaired) electrons. The number of aliphatic hydroxyl groups is 1. The van der Waals surface area contributed by atoms with E-state index in [-0.39, 0.29) is 11.9 Å². The lowest BCUT2D eigenvalue weighted by atomic mass is 9.86. The third-order valence-electron chi connectivity index (χ3n) is 7.55. The second-order valence-electron chi connectivity index (χ2n) is 10.2. The van der Waals surface area contributed by atoms with Gasteiger partial charge in [-0.15, -0.1) is 0 Å². The van der Waals surface area contributed by atoms with Crippen molar-refractivity contribution in [1.29, 1.82) is 0 Å². The molecule has 11 heteroatoms. The van der Waals surface area contributed by atoms with Gasteiger partial charge in [0.25, 0.3) is 6.43 Å². The van der Waals surface area contributed by atoms with E-state index in [1.807, 2.05) is 13.0 Å². The van der Waals surface area contributed by atoms with Crippen molar-refractivity contribution in [2.45, 2.75) is 57.6 Å². The number of aliphatic hydroxyl groups excluding tert-OH is 1. The molecule has 3 aromatic rings. The zero-order valence-corrected chi connectivity index (χ0v) is 21.8. The maximum absolute atomic E-state index is 14.1. The molecule has 3 heterocycles. The molecule has 1 aromatic carbocycles. The van der Waals surface area contributed by atoms with Crippen LogP contribution in [0.1, 0.15) is 51.3 Å². The first kappa shape index (κ1) is 26.7. The normalized spacial score (nSPS) is 21.2. The van der Waals surface area contributed by atoms with Crippen LogP contribution in [0.25, 0.3) is 16.9 Å². The average molecular weight is 530 g/mol. The third kappa shape index (κ3) is 6.22. The molecular formula is C27H37F2N7O2. The van der Waals surface area contributed by atoms with E-state index in [2.05, 4.69) is 20.5 Å². The number of nitrogens with zero attached hydrogens (tertiary/aromatic N) is 5. The monoisotopic (exact) mass is 529 g/mol. The number of hydrogen-bond acceptors (Lipinski definition) is 8. The van der Waals surface area contributed by atoms with Gasteiger partial charge in [-0.2, -0.15) is 9.97 Å². The first-order chi connectivity index (χ1) is 18.5. The number of aromatic nitrogens is 4. The summed E-state index contributed by atoms with van der Waals surface area (Å²) in [5, 5.41) is 16.7. The molecule has 38 heavy (non-hydrogen) atoms. The van der Waals surface area contributed by atoms with E-state index in [4.69, 9.17) is 14.7 Å². The van der Waals surface area contributed by atoms with E-state index >= 15 is 0 Å². The van der Waals surface area contributed by atoms with Crippen LogP contribution in [0.15, 0.2) is 30.3 Å². The van der Waals surface area contributed by atoms with Crippen molar-refractivity contribution >= 4 is 22.8 Å². The van der Waals surface area contributed by atoms with Gasteiger partial charge in [0.2, 0.25) is 5.95 Å². The van der Waals surface area contributed by atoms with Crippen molar-refractivity contribution in [3.8, 4) is 5.82 Å². The van der Waals surface area contributed by atoms with E-state index in [1.165, 1.54) is 4.57 Å². The van der Waals surface area contributed by atoms with Crippen LogP contribution in [-0.2, 0) is 4.74 Å². The topological polar surface area (TPSA) is 100 Å². The summed E-state index contributed by atoms with van der Waals surface area (Å²) in [5.41, 5.74) is 1.08. The van der Waals surface area contributed by atoms with E-state index < -0.39 is 6.43 Å². The van der Waals surface area contributed by atoms with Gasteiger partial charge in [0.05, 0.1) is 30.4 Å². The lowest BCUT2D eigenvalue weighted by molar-refractivity contribution is 0.122. The molecule has 1 unspecified atom stereocenters. The maximum atomic E-state index is 14.1. The molecule has 9 nitrogen and oxygen atoms in total. The highest BCUT2D eigenvalue weighted by molar-refractivity contribution is 5.78. The summed E-state index contributed by atoms with van der Waals surface area (Å²) >= 11 is 0. The number of alkyl halides is 2. The fraction of sp³-hybridized carbons (Fsp3) is 0.593. The first-order valence-electron chi connectivity index (χ1n) is 13.6. The predicted octanol–water partition coefficient (Wildman–Crippen LogP) is 3.92. The molecule has 2 aromatic heterocycles. The van der Waals surface area contributed by atoms with Crippen LogP contribution in [0.5, 0.6) is 0 Å². The number of morpholine rings is 1. The number of hydrogen-bond donors (Lipinski definition) is 3. The molecule has 5 rings (SSSR count). The molecule has 206 valence electrons. The van der Waals surface area contributed by atoms with Crippen LogP contribution in [-0.4, -0.2) is 76.2 Å². The zero-order chi connectivity index (χ0) is 26.5. The Kier molecular flexibility index (Phi) is 8.65. The fourth-order valence-electron chi connectivity index (χ4n) is 5.26. The lowest BCUT2D eigenvalue weighted by Crippen LogP contribution is -2.38. The standard InChI is InChI=1S/C27H37F2N7O2/c1-2-20(37)17-30-19-9-7-18(8-10-19)16-31-27-33-23(35-11-13-38-14-12-35)15-24(34-27)36-22-6-4-3-5-21(22)32-26(36)25(28)29/h3-6,15,18-20,25,30,37H,2,7-14,16-17H2,1H3,(H,31,33,34)/t18-,19-,20?. The zero-order valence-electron chi connectivity index (χ0n) is 21.8. The molecule has 0 bridgehead atoms. The smallest absolute Gasteiger partial charge is 0.296 e. The molecule has 1 saturated heterocycles. The SMILES string of the molecule is CCC(O)CN[C@H]1CC[C@H](CNc2nc(N3CCOCC3)cc(-n3c(C(F)F)nc4ccccc43)n2)CC1. The maximum Gasteiger partial charge on any atom is 0.296 e. The minimum Gasteiger partial charge on any atom is -0.392 e. The van der Waals surface area contributed by atoms with Crippen molar-refractivity contribution in [2.24, 2.45) is 5.92 Å². The van der Waals surface area contributed by atoms with Crippen LogP contribution in [0, 0.1) is 5.92 Å². The van der Waals surface area contributed by atoms with Crippen LogP contribution >= 0.6 is 0 Å². The Hall–Kier alpha value is -2.89. The highest BCUT2D eigenvalue weighted by Crippen LogP contribution is 2.30. The minimum absolute atomic E-state index is 0.294. The van der Waals surface area contributed by atoms with Gasteiger partial charge in [-0.1, -0.05) is 19.1 Å². The number of halogens is 2. The second-order valence-corrected chi connectivity index (χ2v) is 10.2. The summed E-state index contributed by atoms with van der Waals surface area (Å²) in [5.74, 6) is 1.61. The van der Waals surface area contributed by atoms with Crippen molar-refractivity contribution in [2.75, 3.05) is 49.6 Å².